The van der Waals surface area contributed by atoms with Gasteiger partial charge in [0.15, 0.2) is 0 Å². The van der Waals surface area contributed by atoms with E-state index in [1.807, 2.05) is 12.3 Å². The molecular formula is C20H27N3O. The van der Waals surface area contributed by atoms with E-state index in [4.69, 9.17) is 4.74 Å². The van der Waals surface area contributed by atoms with Gasteiger partial charge < -0.3 is 15.0 Å². The fraction of sp³-hybridized carbons (Fsp3) is 0.450. The van der Waals surface area contributed by atoms with Gasteiger partial charge in [0, 0.05) is 38.5 Å². The summed E-state index contributed by atoms with van der Waals surface area (Å²) >= 11 is 0. The summed E-state index contributed by atoms with van der Waals surface area (Å²) in [6.07, 6.45) is 5.17. The second-order valence-corrected chi connectivity index (χ2v) is 6.46. The molecule has 2 heterocycles. The normalized spacial score (nSPS) is 17.0. The lowest BCUT2D eigenvalue weighted by molar-refractivity contribution is 0.157. The molecule has 1 N–H and O–H groups in total. The zero-order valence-electron chi connectivity index (χ0n) is 14.4. The monoisotopic (exact) mass is 325 g/mol. The van der Waals surface area contributed by atoms with Crippen molar-refractivity contribution >= 4 is 5.82 Å². The van der Waals surface area contributed by atoms with Gasteiger partial charge in [0.1, 0.15) is 5.82 Å². The van der Waals surface area contributed by atoms with E-state index in [1.54, 1.807) is 7.11 Å². The van der Waals surface area contributed by atoms with Crippen LogP contribution in [-0.2, 0) is 11.2 Å². The highest BCUT2D eigenvalue weighted by molar-refractivity contribution is 5.38. The Morgan fingerprint density at radius 3 is 2.54 bits per heavy atom. The van der Waals surface area contributed by atoms with E-state index in [9.17, 15) is 0 Å². The number of rotatable bonds is 7. The number of ether oxygens (including phenoxy) is 1. The number of anilines is 1. The highest BCUT2D eigenvalue weighted by Crippen LogP contribution is 2.18. The van der Waals surface area contributed by atoms with Crippen molar-refractivity contribution in [2.75, 3.05) is 31.7 Å². The Morgan fingerprint density at radius 1 is 1.12 bits per heavy atom. The van der Waals surface area contributed by atoms with Crippen LogP contribution in [0.4, 0.5) is 5.82 Å². The summed E-state index contributed by atoms with van der Waals surface area (Å²) < 4.78 is 5.43. The third kappa shape index (κ3) is 4.79. The number of aromatic nitrogens is 1. The topological polar surface area (TPSA) is 37.4 Å². The van der Waals surface area contributed by atoms with Crippen molar-refractivity contribution in [1.82, 2.24) is 10.3 Å². The van der Waals surface area contributed by atoms with Crippen LogP contribution >= 0.6 is 0 Å². The summed E-state index contributed by atoms with van der Waals surface area (Å²) in [6, 6.07) is 17.7. The minimum atomic E-state index is 0.365. The van der Waals surface area contributed by atoms with E-state index >= 15 is 0 Å². The largest absolute Gasteiger partial charge is 0.383 e. The third-order valence-corrected chi connectivity index (χ3v) is 4.63. The molecule has 1 fully saturated rings. The second-order valence-electron chi connectivity index (χ2n) is 6.46. The number of piperidine rings is 1. The van der Waals surface area contributed by atoms with Gasteiger partial charge in [-0.2, -0.15) is 0 Å². The maximum absolute atomic E-state index is 5.43. The van der Waals surface area contributed by atoms with Crippen LogP contribution in [0.5, 0.6) is 0 Å². The molecule has 3 rings (SSSR count). The zero-order chi connectivity index (χ0) is 16.6. The molecule has 1 aromatic carbocycles. The van der Waals surface area contributed by atoms with Gasteiger partial charge in [0.2, 0.25) is 0 Å². The predicted molar refractivity (Wildman–Crippen MR) is 98.4 cm³/mol. The number of hydrogen-bond acceptors (Lipinski definition) is 4. The number of hydrogen-bond donors (Lipinski definition) is 1. The van der Waals surface area contributed by atoms with Crippen molar-refractivity contribution in [2.24, 2.45) is 0 Å². The quantitative estimate of drug-likeness (QED) is 0.849. The highest BCUT2D eigenvalue weighted by atomic mass is 16.5. The van der Waals surface area contributed by atoms with Crippen LogP contribution in [-0.4, -0.2) is 43.9 Å². The van der Waals surface area contributed by atoms with Crippen LogP contribution in [0.1, 0.15) is 18.4 Å². The molecule has 0 amide bonds. The zero-order valence-corrected chi connectivity index (χ0v) is 14.4. The van der Waals surface area contributed by atoms with E-state index in [-0.39, 0.29) is 0 Å². The molecule has 1 atom stereocenters. The molecule has 2 aromatic rings. The number of nitrogens with one attached hydrogen (secondary N) is 1. The van der Waals surface area contributed by atoms with Crippen molar-refractivity contribution in [3.63, 3.8) is 0 Å². The summed E-state index contributed by atoms with van der Waals surface area (Å²) in [6.45, 7) is 2.86. The standard InChI is InChI=1S/C20H27N3O/c1-24-16-19(15-17-7-3-2-4-8-17)22-18-10-13-23(14-11-18)20-9-5-6-12-21-20/h2-9,12,18-19,22H,10-11,13-16H2,1H3/t19-/m0/s1. The first kappa shape index (κ1) is 16.9. The molecule has 24 heavy (non-hydrogen) atoms. The van der Waals surface area contributed by atoms with Crippen LogP contribution in [0.25, 0.3) is 0 Å². The molecular weight excluding hydrogens is 298 g/mol. The lowest BCUT2D eigenvalue weighted by Crippen LogP contribution is -2.48. The minimum Gasteiger partial charge on any atom is -0.383 e. The van der Waals surface area contributed by atoms with Gasteiger partial charge in [0.05, 0.1) is 6.61 Å². The number of benzene rings is 1. The van der Waals surface area contributed by atoms with Gasteiger partial charge in [-0.25, -0.2) is 4.98 Å². The molecule has 0 saturated carbocycles. The molecule has 4 nitrogen and oxygen atoms in total. The van der Waals surface area contributed by atoms with E-state index in [0.29, 0.717) is 12.1 Å². The second kappa shape index (κ2) is 8.81. The first-order chi connectivity index (χ1) is 11.8. The van der Waals surface area contributed by atoms with Crippen LogP contribution < -0.4 is 10.2 Å². The van der Waals surface area contributed by atoms with E-state index < -0.39 is 0 Å². The number of pyridine rings is 1. The maximum atomic E-state index is 5.43. The SMILES string of the molecule is COC[C@H](Cc1ccccc1)NC1CCN(c2ccccn2)CC1. The Labute approximate surface area is 144 Å². The van der Waals surface area contributed by atoms with E-state index in [0.717, 1.165) is 44.8 Å². The minimum absolute atomic E-state index is 0.365. The summed E-state index contributed by atoms with van der Waals surface area (Å²) in [7, 11) is 1.78. The molecule has 0 bridgehead atoms. The average molecular weight is 325 g/mol. The molecule has 0 radical (unpaired) electrons. The number of methoxy groups -OCH3 is 1. The Kier molecular flexibility index (Phi) is 6.21. The third-order valence-electron chi connectivity index (χ3n) is 4.63. The first-order valence-corrected chi connectivity index (χ1v) is 8.80. The van der Waals surface area contributed by atoms with E-state index in [1.165, 1.54) is 5.56 Å². The smallest absolute Gasteiger partial charge is 0.128 e. The Hall–Kier alpha value is -1.91. The molecule has 4 heteroatoms. The maximum Gasteiger partial charge on any atom is 0.128 e. The van der Waals surface area contributed by atoms with Crippen LogP contribution in [0.3, 0.4) is 0 Å². The fourth-order valence-electron chi connectivity index (χ4n) is 3.42. The summed E-state index contributed by atoms with van der Waals surface area (Å²) in [5.41, 5.74) is 1.36. The molecule has 1 aliphatic rings. The molecule has 1 aromatic heterocycles. The molecule has 1 saturated heterocycles. The van der Waals surface area contributed by atoms with Crippen LogP contribution in [0.15, 0.2) is 54.7 Å². The van der Waals surface area contributed by atoms with Gasteiger partial charge in [-0.15, -0.1) is 0 Å². The van der Waals surface area contributed by atoms with E-state index in [2.05, 4.69) is 57.7 Å². The fourth-order valence-corrected chi connectivity index (χ4v) is 3.42. The Bertz CT molecular complexity index is 582. The molecule has 0 aliphatic carbocycles. The van der Waals surface area contributed by atoms with Crippen molar-refractivity contribution in [2.45, 2.75) is 31.3 Å². The molecule has 1 aliphatic heterocycles. The summed E-state index contributed by atoms with van der Waals surface area (Å²) in [5.74, 6) is 1.09. The van der Waals surface area contributed by atoms with Gasteiger partial charge in [-0.05, 0) is 37.0 Å². The van der Waals surface area contributed by atoms with Crippen LogP contribution in [0.2, 0.25) is 0 Å². The average Bonchev–Trinajstić information content (AvgIpc) is 2.64. The Morgan fingerprint density at radius 2 is 1.88 bits per heavy atom. The van der Waals surface area contributed by atoms with Gasteiger partial charge in [-0.1, -0.05) is 36.4 Å². The van der Waals surface area contributed by atoms with Crippen LogP contribution in [0, 0.1) is 0 Å². The Balaban J connectivity index is 1.51. The summed E-state index contributed by atoms with van der Waals surface area (Å²) in [5, 5.41) is 3.81. The van der Waals surface area contributed by atoms with Crippen molar-refractivity contribution in [3.05, 3.63) is 60.3 Å². The van der Waals surface area contributed by atoms with Gasteiger partial charge in [-0.3, -0.25) is 0 Å². The molecule has 0 spiro atoms. The molecule has 128 valence electrons. The first-order valence-electron chi connectivity index (χ1n) is 8.80. The number of nitrogens with zero attached hydrogens (tertiary/aromatic N) is 2. The lowest BCUT2D eigenvalue weighted by atomic mass is 10.0. The van der Waals surface area contributed by atoms with Crippen molar-refractivity contribution in [3.8, 4) is 0 Å². The van der Waals surface area contributed by atoms with Gasteiger partial charge in [0.25, 0.3) is 0 Å². The van der Waals surface area contributed by atoms with Gasteiger partial charge >= 0.3 is 0 Å². The molecule has 0 unspecified atom stereocenters. The predicted octanol–water partition coefficient (Wildman–Crippen LogP) is 2.90. The van der Waals surface area contributed by atoms with Crippen molar-refractivity contribution in [1.29, 1.82) is 0 Å². The lowest BCUT2D eigenvalue weighted by Gasteiger charge is -2.35. The summed E-state index contributed by atoms with van der Waals surface area (Å²) in [4.78, 5) is 6.83. The van der Waals surface area contributed by atoms with Crippen molar-refractivity contribution < 1.29 is 4.74 Å². The highest BCUT2D eigenvalue weighted by Gasteiger charge is 2.22.